The highest BCUT2D eigenvalue weighted by atomic mass is 79.9. The van der Waals surface area contributed by atoms with Gasteiger partial charge in [0, 0.05) is 23.6 Å². The zero-order chi connectivity index (χ0) is 17.6. The van der Waals surface area contributed by atoms with E-state index in [1.165, 1.54) is 0 Å². The quantitative estimate of drug-likeness (QED) is 0.740. The number of carbonyl (C=O) groups excluding carboxylic acids is 1. The van der Waals surface area contributed by atoms with Crippen molar-refractivity contribution in [1.82, 2.24) is 5.32 Å². The lowest BCUT2D eigenvalue weighted by Gasteiger charge is -2.37. The molecule has 0 saturated carbocycles. The molecule has 0 aromatic heterocycles. The lowest BCUT2D eigenvalue weighted by Crippen LogP contribution is -2.54. The minimum absolute atomic E-state index is 0.0601. The summed E-state index contributed by atoms with van der Waals surface area (Å²) in [5.41, 5.74) is 0.400. The molecular weight excluding hydrogens is 374 g/mol. The summed E-state index contributed by atoms with van der Waals surface area (Å²) in [5.74, 6) is -1.13. The minimum Gasteiger partial charge on any atom is -0.481 e. The highest BCUT2D eigenvalue weighted by molar-refractivity contribution is 9.10. The molecule has 1 fully saturated rings. The Balaban J connectivity index is 2.07. The minimum atomic E-state index is -0.891. The molecule has 1 heterocycles. The third kappa shape index (κ3) is 5.31. The topological polar surface area (TPSA) is 75.6 Å². The lowest BCUT2D eigenvalue weighted by atomic mass is 9.85. The highest BCUT2D eigenvalue weighted by Gasteiger charge is 2.37. The second-order valence-electron chi connectivity index (χ2n) is 6.39. The Hall–Kier alpha value is -1.40. The Bertz CT molecular complexity index is 584. The largest absolute Gasteiger partial charge is 0.481 e. The van der Waals surface area contributed by atoms with Crippen LogP contribution >= 0.6 is 15.9 Å². The number of hydrogen-bond acceptors (Lipinski definition) is 3. The van der Waals surface area contributed by atoms with Gasteiger partial charge in [0.1, 0.15) is 0 Å². The van der Waals surface area contributed by atoms with Crippen molar-refractivity contribution in [1.29, 1.82) is 0 Å². The van der Waals surface area contributed by atoms with E-state index >= 15 is 0 Å². The van der Waals surface area contributed by atoms with Crippen LogP contribution in [0.25, 0.3) is 0 Å². The summed E-state index contributed by atoms with van der Waals surface area (Å²) in [6, 6.07) is 7.92. The van der Waals surface area contributed by atoms with E-state index in [-0.39, 0.29) is 18.2 Å². The zero-order valence-electron chi connectivity index (χ0n) is 13.9. The van der Waals surface area contributed by atoms with Gasteiger partial charge in [0.05, 0.1) is 12.0 Å². The second kappa shape index (κ2) is 8.62. The Labute approximate surface area is 150 Å². The standard InChI is InChI=1S/C18H24BrNO4/c1-2-14(10-13-4-3-5-15(19)11-13)17(23)20-18(12-16(21)22)6-8-24-9-7-18/h3-5,11,14H,2,6-10,12H2,1H3,(H,20,23)(H,21,22). The van der Waals surface area contributed by atoms with E-state index in [1.807, 2.05) is 31.2 Å². The first-order chi connectivity index (χ1) is 11.4. The van der Waals surface area contributed by atoms with Gasteiger partial charge in [-0.2, -0.15) is 0 Å². The number of amides is 1. The third-order valence-electron chi connectivity index (χ3n) is 4.56. The molecule has 0 bridgehead atoms. The van der Waals surface area contributed by atoms with Crippen LogP contribution in [0.1, 0.15) is 38.2 Å². The molecule has 1 aromatic rings. The molecule has 1 amide bonds. The van der Waals surface area contributed by atoms with Crippen LogP contribution in [0.5, 0.6) is 0 Å². The maximum absolute atomic E-state index is 12.8. The third-order valence-corrected chi connectivity index (χ3v) is 5.06. The molecule has 5 nitrogen and oxygen atoms in total. The average Bonchev–Trinajstić information content (AvgIpc) is 2.52. The van der Waals surface area contributed by atoms with Gasteiger partial charge < -0.3 is 15.2 Å². The molecule has 1 aliphatic rings. The highest BCUT2D eigenvalue weighted by Crippen LogP contribution is 2.26. The molecule has 1 atom stereocenters. The summed E-state index contributed by atoms with van der Waals surface area (Å²) in [7, 11) is 0. The molecule has 2 rings (SSSR count). The maximum atomic E-state index is 12.8. The van der Waals surface area contributed by atoms with Crippen molar-refractivity contribution < 1.29 is 19.4 Å². The van der Waals surface area contributed by atoms with Crippen molar-refractivity contribution >= 4 is 27.8 Å². The number of aliphatic carboxylic acids is 1. The van der Waals surface area contributed by atoms with E-state index in [0.29, 0.717) is 38.9 Å². The first-order valence-electron chi connectivity index (χ1n) is 8.30. The molecule has 24 heavy (non-hydrogen) atoms. The SMILES string of the molecule is CCC(Cc1cccc(Br)c1)C(=O)NC1(CC(=O)O)CCOCC1. The van der Waals surface area contributed by atoms with Gasteiger partial charge in [-0.15, -0.1) is 0 Å². The second-order valence-corrected chi connectivity index (χ2v) is 7.31. The number of carboxylic acids is 1. The van der Waals surface area contributed by atoms with E-state index in [2.05, 4.69) is 21.2 Å². The van der Waals surface area contributed by atoms with Gasteiger partial charge >= 0.3 is 5.97 Å². The van der Waals surface area contributed by atoms with E-state index in [9.17, 15) is 14.7 Å². The van der Waals surface area contributed by atoms with E-state index in [4.69, 9.17) is 4.74 Å². The number of carboxylic acid groups (broad SMARTS) is 1. The monoisotopic (exact) mass is 397 g/mol. The molecule has 6 heteroatoms. The fraction of sp³-hybridized carbons (Fsp3) is 0.556. The van der Waals surface area contributed by atoms with E-state index in [1.54, 1.807) is 0 Å². The van der Waals surface area contributed by atoms with E-state index in [0.717, 1.165) is 10.0 Å². The molecule has 1 unspecified atom stereocenters. The van der Waals surface area contributed by atoms with Crippen LogP contribution < -0.4 is 5.32 Å². The lowest BCUT2D eigenvalue weighted by molar-refractivity contribution is -0.141. The van der Waals surface area contributed by atoms with Crippen LogP contribution in [0.4, 0.5) is 0 Å². The molecule has 132 valence electrons. The molecule has 0 aliphatic carbocycles. The fourth-order valence-corrected chi connectivity index (χ4v) is 3.58. The van der Waals surface area contributed by atoms with Crippen LogP contribution in [0.15, 0.2) is 28.7 Å². The molecule has 2 N–H and O–H groups in total. The van der Waals surface area contributed by atoms with Gasteiger partial charge in [-0.25, -0.2) is 0 Å². The van der Waals surface area contributed by atoms with Crippen LogP contribution in [0, 0.1) is 5.92 Å². The Morgan fingerprint density at radius 2 is 2.08 bits per heavy atom. The number of hydrogen-bond donors (Lipinski definition) is 2. The van der Waals surface area contributed by atoms with Crippen molar-refractivity contribution in [2.24, 2.45) is 5.92 Å². The number of rotatable bonds is 7. The first-order valence-corrected chi connectivity index (χ1v) is 9.09. The van der Waals surface area contributed by atoms with Gasteiger partial charge in [-0.3, -0.25) is 9.59 Å². The fourth-order valence-electron chi connectivity index (χ4n) is 3.13. The van der Waals surface area contributed by atoms with Crippen molar-refractivity contribution in [3.8, 4) is 0 Å². The van der Waals surface area contributed by atoms with Gasteiger partial charge in [-0.05, 0) is 43.4 Å². The van der Waals surface area contributed by atoms with Crippen molar-refractivity contribution in [2.45, 2.75) is 44.6 Å². The Morgan fingerprint density at radius 3 is 2.67 bits per heavy atom. The van der Waals surface area contributed by atoms with E-state index < -0.39 is 11.5 Å². The van der Waals surface area contributed by atoms with Crippen LogP contribution in [-0.4, -0.2) is 35.7 Å². The Morgan fingerprint density at radius 1 is 1.38 bits per heavy atom. The number of benzene rings is 1. The summed E-state index contributed by atoms with van der Waals surface area (Å²) in [6.07, 6.45) is 2.37. The van der Waals surface area contributed by atoms with Crippen LogP contribution in [0.2, 0.25) is 0 Å². The predicted molar refractivity (Wildman–Crippen MR) is 94.8 cm³/mol. The normalized spacial score (nSPS) is 17.9. The summed E-state index contributed by atoms with van der Waals surface area (Å²) in [5, 5.41) is 12.2. The summed E-state index contributed by atoms with van der Waals surface area (Å²) in [6.45, 7) is 2.95. The number of nitrogens with one attached hydrogen (secondary N) is 1. The Kier molecular flexibility index (Phi) is 6.80. The van der Waals surface area contributed by atoms with Gasteiger partial charge in [0.15, 0.2) is 0 Å². The van der Waals surface area contributed by atoms with Crippen LogP contribution in [0.3, 0.4) is 0 Å². The van der Waals surface area contributed by atoms with Crippen LogP contribution in [-0.2, 0) is 20.7 Å². The predicted octanol–water partition coefficient (Wildman–Crippen LogP) is 3.16. The van der Waals surface area contributed by atoms with Gasteiger partial charge in [0.2, 0.25) is 5.91 Å². The van der Waals surface area contributed by atoms with Gasteiger partial charge in [-0.1, -0.05) is 35.0 Å². The number of ether oxygens (including phenoxy) is 1. The summed E-state index contributed by atoms with van der Waals surface area (Å²) >= 11 is 3.45. The molecule has 1 aliphatic heterocycles. The molecule has 0 spiro atoms. The molecule has 1 aromatic carbocycles. The molecule has 1 saturated heterocycles. The average molecular weight is 398 g/mol. The van der Waals surface area contributed by atoms with Crippen molar-refractivity contribution in [3.63, 3.8) is 0 Å². The number of halogens is 1. The maximum Gasteiger partial charge on any atom is 0.305 e. The van der Waals surface area contributed by atoms with Crippen molar-refractivity contribution in [2.75, 3.05) is 13.2 Å². The molecular formula is C18H24BrNO4. The zero-order valence-corrected chi connectivity index (χ0v) is 15.5. The first kappa shape index (κ1) is 18.9. The summed E-state index contributed by atoms with van der Waals surface area (Å²) < 4.78 is 6.32. The summed E-state index contributed by atoms with van der Waals surface area (Å²) in [4.78, 5) is 24.0. The smallest absolute Gasteiger partial charge is 0.305 e. The molecule has 0 radical (unpaired) electrons. The van der Waals surface area contributed by atoms with Crippen molar-refractivity contribution in [3.05, 3.63) is 34.3 Å². The van der Waals surface area contributed by atoms with Gasteiger partial charge in [0.25, 0.3) is 0 Å². The number of carbonyl (C=O) groups is 2.